The van der Waals surface area contributed by atoms with Crippen molar-refractivity contribution >= 4 is 5.95 Å². The fourth-order valence-electron chi connectivity index (χ4n) is 1.06. The van der Waals surface area contributed by atoms with Gasteiger partial charge in [0.1, 0.15) is 0 Å². The van der Waals surface area contributed by atoms with Gasteiger partial charge in [-0.3, -0.25) is 0 Å². The Morgan fingerprint density at radius 3 is 2.27 bits per heavy atom. The summed E-state index contributed by atoms with van der Waals surface area (Å²) in [6, 6.07) is -0.0227. The molecule has 2 N–H and O–H groups in total. The van der Waals surface area contributed by atoms with E-state index in [0.717, 1.165) is 5.56 Å². The van der Waals surface area contributed by atoms with Crippen molar-refractivity contribution in [2.24, 2.45) is 0 Å². The van der Waals surface area contributed by atoms with Crippen LogP contribution in [0.1, 0.15) is 33.3 Å². The van der Waals surface area contributed by atoms with Gasteiger partial charge in [0.15, 0.2) is 0 Å². The lowest BCUT2D eigenvalue weighted by Crippen LogP contribution is -2.21. The zero-order chi connectivity index (χ0) is 11.5. The first-order chi connectivity index (χ1) is 6.93. The Bertz CT molecular complexity index is 303. The Morgan fingerprint density at radius 1 is 1.33 bits per heavy atom. The average molecular weight is 209 g/mol. The molecule has 0 radical (unpaired) electrons. The van der Waals surface area contributed by atoms with Crippen LogP contribution in [0.5, 0.6) is 0 Å². The number of nitrogens with one attached hydrogen (secondary N) is 1. The highest BCUT2D eigenvalue weighted by Gasteiger charge is 2.14. The van der Waals surface area contributed by atoms with E-state index < -0.39 is 0 Å². The van der Waals surface area contributed by atoms with E-state index in [1.807, 2.05) is 19.3 Å². The minimum absolute atomic E-state index is 0.0227. The van der Waals surface area contributed by atoms with Crippen LogP contribution in [0.4, 0.5) is 5.95 Å². The van der Waals surface area contributed by atoms with Gasteiger partial charge in [0.25, 0.3) is 0 Å². The summed E-state index contributed by atoms with van der Waals surface area (Å²) in [6.45, 7) is 8.31. The first-order valence-electron chi connectivity index (χ1n) is 5.13. The summed E-state index contributed by atoms with van der Waals surface area (Å²) in [5.41, 5.74) is 1.17. The smallest absolute Gasteiger partial charge is 0.222 e. The average Bonchev–Trinajstić information content (AvgIpc) is 2.17. The van der Waals surface area contributed by atoms with Crippen molar-refractivity contribution in [2.45, 2.75) is 39.2 Å². The van der Waals surface area contributed by atoms with Gasteiger partial charge in [0.05, 0.1) is 6.61 Å². The molecule has 0 spiro atoms. The van der Waals surface area contributed by atoms with Crippen molar-refractivity contribution in [3.63, 3.8) is 0 Å². The molecular weight excluding hydrogens is 190 g/mol. The Labute approximate surface area is 90.8 Å². The molecule has 1 aromatic heterocycles. The zero-order valence-corrected chi connectivity index (χ0v) is 9.78. The number of hydrogen-bond donors (Lipinski definition) is 2. The van der Waals surface area contributed by atoms with Crippen molar-refractivity contribution in [1.29, 1.82) is 0 Å². The van der Waals surface area contributed by atoms with Gasteiger partial charge in [0, 0.05) is 18.4 Å². The molecule has 0 aromatic carbocycles. The van der Waals surface area contributed by atoms with Crippen LogP contribution in [-0.4, -0.2) is 27.7 Å². The van der Waals surface area contributed by atoms with Gasteiger partial charge in [-0.15, -0.1) is 0 Å². The fourth-order valence-corrected chi connectivity index (χ4v) is 1.06. The lowest BCUT2D eigenvalue weighted by Gasteiger charge is -2.18. The molecule has 0 saturated heterocycles. The van der Waals surface area contributed by atoms with Crippen LogP contribution in [0.25, 0.3) is 0 Å². The first kappa shape index (κ1) is 11.9. The third-order valence-corrected chi connectivity index (χ3v) is 2.17. The standard InChI is InChI=1S/C11H19N3O/c1-8(7-15)14-10-12-5-9(6-13-10)11(2,3)4/h5-6,8,15H,7H2,1-4H3,(H,12,13,14). The van der Waals surface area contributed by atoms with Crippen LogP contribution in [0.3, 0.4) is 0 Å². The van der Waals surface area contributed by atoms with Crippen molar-refractivity contribution < 1.29 is 5.11 Å². The molecule has 4 heteroatoms. The molecule has 4 nitrogen and oxygen atoms in total. The molecule has 0 bridgehead atoms. The third-order valence-electron chi connectivity index (χ3n) is 2.17. The van der Waals surface area contributed by atoms with E-state index in [-0.39, 0.29) is 18.1 Å². The fraction of sp³-hybridized carbons (Fsp3) is 0.636. The summed E-state index contributed by atoms with van der Waals surface area (Å²) in [5.74, 6) is 0.560. The number of nitrogens with zero attached hydrogens (tertiary/aromatic N) is 2. The number of aliphatic hydroxyl groups is 1. The van der Waals surface area contributed by atoms with E-state index in [2.05, 4.69) is 36.1 Å². The molecule has 84 valence electrons. The second-order valence-electron chi connectivity index (χ2n) is 4.77. The van der Waals surface area contributed by atoms with Crippen molar-refractivity contribution in [2.75, 3.05) is 11.9 Å². The van der Waals surface area contributed by atoms with Gasteiger partial charge in [0.2, 0.25) is 5.95 Å². The van der Waals surface area contributed by atoms with Gasteiger partial charge in [-0.1, -0.05) is 20.8 Å². The monoisotopic (exact) mass is 209 g/mol. The van der Waals surface area contributed by atoms with Crippen LogP contribution in [0, 0.1) is 0 Å². The Kier molecular flexibility index (Phi) is 3.63. The van der Waals surface area contributed by atoms with Crippen LogP contribution in [-0.2, 0) is 5.41 Å². The summed E-state index contributed by atoms with van der Waals surface area (Å²) in [7, 11) is 0. The topological polar surface area (TPSA) is 58.0 Å². The van der Waals surface area contributed by atoms with Gasteiger partial charge in [-0.25, -0.2) is 9.97 Å². The quantitative estimate of drug-likeness (QED) is 0.793. The maximum atomic E-state index is 8.86. The van der Waals surface area contributed by atoms with Crippen LogP contribution < -0.4 is 5.32 Å². The van der Waals surface area contributed by atoms with Crippen molar-refractivity contribution in [1.82, 2.24) is 9.97 Å². The van der Waals surface area contributed by atoms with Crippen molar-refractivity contribution in [3.8, 4) is 0 Å². The largest absolute Gasteiger partial charge is 0.394 e. The van der Waals surface area contributed by atoms with Gasteiger partial charge in [-0.2, -0.15) is 0 Å². The molecule has 0 amide bonds. The predicted octanol–water partition coefficient (Wildman–Crippen LogP) is 1.57. The summed E-state index contributed by atoms with van der Waals surface area (Å²) in [4.78, 5) is 8.40. The number of aromatic nitrogens is 2. The molecule has 0 fully saturated rings. The van der Waals surface area contributed by atoms with Crippen molar-refractivity contribution in [3.05, 3.63) is 18.0 Å². The van der Waals surface area contributed by atoms with E-state index in [1.54, 1.807) is 0 Å². The summed E-state index contributed by atoms with van der Waals surface area (Å²) < 4.78 is 0. The minimum Gasteiger partial charge on any atom is -0.394 e. The van der Waals surface area contributed by atoms with Gasteiger partial charge in [-0.05, 0) is 17.9 Å². The van der Waals surface area contributed by atoms with E-state index >= 15 is 0 Å². The highest BCUT2D eigenvalue weighted by atomic mass is 16.3. The molecular formula is C11H19N3O. The third kappa shape index (κ3) is 3.47. The maximum Gasteiger partial charge on any atom is 0.222 e. The molecule has 1 heterocycles. The minimum atomic E-state index is -0.0227. The molecule has 1 aromatic rings. The molecule has 1 unspecified atom stereocenters. The molecule has 0 aliphatic rings. The lowest BCUT2D eigenvalue weighted by atomic mass is 9.89. The van der Waals surface area contributed by atoms with Crippen LogP contribution in [0.2, 0.25) is 0 Å². The SMILES string of the molecule is CC(CO)Nc1ncc(C(C)(C)C)cn1. The number of hydrogen-bond acceptors (Lipinski definition) is 4. The zero-order valence-electron chi connectivity index (χ0n) is 9.78. The number of aliphatic hydroxyl groups excluding tert-OH is 1. The van der Waals surface area contributed by atoms with Gasteiger partial charge >= 0.3 is 0 Å². The normalized spacial score (nSPS) is 13.7. The molecule has 0 aliphatic heterocycles. The molecule has 0 saturated carbocycles. The molecule has 15 heavy (non-hydrogen) atoms. The Morgan fingerprint density at radius 2 is 1.87 bits per heavy atom. The highest BCUT2D eigenvalue weighted by molar-refractivity contribution is 5.28. The van der Waals surface area contributed by atoms with E-state index in [9.17, 15) is 0 Å². The molecule has 1 atom stereocenters. The lowest BCUT2D eigenvalue weighted by molar-refractivity contribution is 0.281. The second kappa shape index (κ2) is 4.57. The number of anilines is 1. The first-order valence-corrected chi connectivity index (χ1v) is 5.13. The Hall–Kier alpha value is -1.16. The molecule has 1 rings (SSSR count). The maximum absolute atomic E-state index is 8.86. The number of rotatable bonds is 3. The summed E-state index contributed by atoms with van der Waals surface area (Å²) in [5, 5.41) is 11.9. The summed E-state index contributed by atoms with van der Waals surface area (Å²) >= 11 is 0. The predicted molar refractivity (Wildman–Crippen MR) is 60.9 cm³/mol. The summed E-state index contributed by atoms with van der Waals surface area (Å²) in [6.07, 6.45) is 3.64. The van der Waals surface area contributed by atoms with Crippen LogP contribution >= 0.6 is 0 Å². The second-order valence-corrected chi connectivity index (χ2v) is 4.77. The highest BCUT2D eigenvalue weighted by Crippen LogP contribution is 2.20. The van der Waals surface area contributed by atoms with Gasteiger partial charge < -0.3 is 10.4 Å². The van der Waals surface area contributed by atoms with E-state index in [0.29, 0.717) is 5.95 Å². The van der Waals surface area contributed by atoms with E-state index in [1.165, 1.54) is 0 Å². The molecule has 0 aliphatic carbocycles. The Balaban J connectivity index is 2.73. The van der Waals surface area contributed by atoms with Crippen LogP contribution in [0.15, 0.2) is 12.4 Å². The van der Waals surface area contributed by atoms with E-state index in [4.69, 9.17) is 5.11 Å².